The van der Waals surface area contributed by atoms with Gasteiger partial charge in [-0.2, -0.15) is 0 Å². The van der Waals surface area contributed by atoms with E-state index in [-0.39, 0.29) is 0 Å². The molecule has 2 aliphatic rings. The van der Waals surface area contributed by atoms with E-state index < -0.39 is 0 Å². The van der Waals surface area contributed by atoms with Gasteiger partial charge in [0.15, 0.2) is 0 Å². The molecular formula is C15H18BrNO. The summed E-state index contributed by atoms with van der Waals surface area (Å²) in [5.41, 5.74) is 2.56. The fourth-order valence-corrected chi connectivity index (χ4v) is 3.63. The SMILES string of the molecule is Cc1cc(N2C3CCCC2CC(=O)C3)ccc1Br. The van der Waals surface area contributed by atoms with E-state index >= 15 is 0 Å². The van der Waals surface area contributed by atoms with Crippen LogP contribution in [0.4, 0.5) is 5.69 Å². The first-order valence-electron chi connectivity index (χ1n) is 6.71. The van der Waals surface area contributed by atoms with Crippen LogP contribution in [0.2, 0.25) is 0 Å². The van der Waals surface area contributed by atoms with E-state index in [9.17, 15) is 4.79 Å². The van der Waals surface area contributed by atoms with Crippen molar-refractivity contribution in [2.75, 3.05) is 4.90 Å². The Bertz CT molecular complexity index is 469. The van der Waals surface area contributed by atoms with Crippen LogP contribution in [-0.4, -0.2) is 17.9 Å². The molecule has 2 aliphatic heterocycles. The Morgan fingerprint density at radius 2 is 1.89 bits per heavy atom. The van der Waals surface area contributed by atoms with Gasteiger partial charge in [0.05, 0.1) is 0 Å². The molecule has 96 valence electrons. The second-order valence-corrected chi connectivity index (χ2v) is 6.38. The van der Waals surface area contributed by atoms with Crippen molar-refractivity contribution in [1.29, 1.82) is 0 Å². The Kier molecular flexibility index (Phi) is 3.18. The molecule has 0 saturated carbocycles. The minimum absolute atomic E-state index is 0.436. The maximum absolute atomic E-state index is 11.7. The van der Waals surface area contributed by atoms with Crippen LogP contribution in [0.5, 0.6) is 0 Å². The Morgan fingerprint density at radius 1 is 1.22 bits per heavy atom. The van der Waals surface area contributed by atoms with E-state index in [0.717, 1.165) is 30.2 Å². The third-order valence-corrected chi connectivity index (χ3v) is 5.12. The Morgan fingerprint density at radius 3 is 2.50 bits per heavy atom. The van der Waals surface area contributed by atoms with Crippen LogP contribution in [0.25, 0.3) is 0 Å². The zero-order chi connectivity index (χ0) is 12.7. The number of halogens is 1. The van der Waals surface area contributed by atoms with Crippen molar-refractivity contribution in [2.24, 2.45) is 0 Å². The average Bonchev–Trinajstić information content (AvgIpc) is 2.32. The molecule has 2 fully saturated rings. The molecule has 2 bridgehead atoms. The number of Topliss-reactive ketones (excluding diaryl/α,β-unsaturated/α-hetero) is 1. The molecule has 1 aromatic carbocycles. The van der Waals surface area contributed by atoms with Crippen LogP contribution >= 0.6 is 15.9 Å². The third-order valence-electron chi connectivity index (χ3n) is 4.23. The van der Waals surface area contributed by atoms with Crippen molar-refractivity contribution in [3.8, 4) is 0 Å². The number of anilines is 1. The van der Waals surface area contributed by atoms with Gasteiger partial charge in [0.1, 0.15) is 5.78 Å². The summed E-state index contributed by atoms with van der Waals surface area (Å²) in [4.78, 5) is 14.2. The monoisotopic (exact) mass is 307 g/mol. The molecule has 0 N–H and O–H groups in total. The Hall–Kier alpha value is -0.830. The van der Waals surface area contributed by atoms with Crippen molar-refractivity contribution in [2.45, 2.75) is 51.1 Å². The van der Waals surface area contributed by atoms with E-state index in [1.54, 1.807) is 0 Å². The van der Waals surface area contributed by atoms with Gasteiger partial charge >= 0.3 is 0 Å². The van der Waals surface area contributed by atoms with Crippen molar-refractivity contribution in [1.82, 2.24) is 0 Å². The summed E-state index contributed by atoms with van der Waals surface area (Å²) in [6.45, 7) is 2.12. The molecule has 0 amide bonds. The third kappa shape index (κ3) is 2.09. The zero-order valence-electron chi connectivity index (χ0n) is 10.7. The van der Waals surface area contributed by atoms with Gasteiger partial charge in [-0.1, -0.05) is 15.9 Å². The summed E-state index contributed by atoms with van der Waals surface area (Å²) in [6.07, 6.45) is 5.08. The van der Waals surface area contributed by atoms with Gasteiger partial charge < -0.3 is 4.90 Å². The lowest BCUT2D eigenvalue weighted by molar-refractivity contribution is -0.121. The van der Waals surface area contributed by atoms with E-state index in [0.29, 0.717) is 17.9 Å². The second-order valence-electron chi connectivity index (χ2n) is 5.53. The number of piperidine rings is 2. The van der Waals surface area contributed by atoms with Crippen LogP contribution in [-0.2, 0) is 4.79 Å². The fraction of sp³-hybridized carbons (Fsp3) is 0.533. The van der Waals surface area contributed by atoms with Crippen molar-refractivity contribution < 1.29 is 4.79 Å². The van der Waals surface area contributed by atoms with Gasteiger partial charge in [-0.3, -0.25) is 4.79 Å². The molecule has 0 spiro atoms. The molecule has 2 heterocycles. The molecule has 18 heavy (non-hydrogen) atoms. The second kappa shape index (κ2) is 4.69. The van der Waals surface area contributed by atoms with Gasteiger partial charge in [-0.05, 0) is 49.9 Å². The molecule has 3 rings (SSSR count). The summed E-state index contributed by atoms with van der Waals surface area (Å²) in [5, 5.41) is 0. The van der Waals surface area contributed by atoms with Gasteiger partial charge in [-0.15, -0.1) is 0 Å². The molecule has 1 aromatic rings. The zero-order valence-corrected chi connectivity index (χ0v) is 12.2. The summed E-state index contributed by atoms with van der Waals surface area (Å²) >= 11 is 3.55. The topological polar surface area (TPSA) is 20.3 Å². The molecule has 0 aromatic heterocycles. The first-order chi connectivity index (χ1) is 8.65. The van der Waals surface area contributed by atoms with E-state index in [1.165, 1.54) is 17.7 Å². The maximum atomic E-state index is 11.7. The molecule has 2 atom stereocenters. The van der Waals surface area contributed by atoms with E-state index in [4.69, 9.17) is 0 Å². The van der Waals surface area contributed by atoms with Crippen molar-refractivity contribution in [3.05, 3.63) is 28.2 Å². The number of ketones is 1. The van der Waals surface area contributed by atoms with Crippen LogP contribution in [0, 0.1) is 6.92 Å². The summed E-state index contributed by atoms with van der Waals surface area (Å²) in [5.74, 6) is 0.454. The number of benzene rings is 1. The minimum atomic E-state index is 0.436. The van der Waals surface area contributed by atoms with Crippen LogP contribution in [0.3, 0.4) is 0 Å². The highest BCUT2D eigenvalue weighted by molar-refractivity contribution is 9.10. The lowest BCUT2D eigenvalue weighted by Crippen LogP contribution is -2.52. The van der Waals surface area contributed by atoms with Gasteiger partial charge in [-0.25, -0.2) is 0 Å². The number of carbonyl (C=O) groups excluding carboxylic acids is 1. The number of aryl methyl sites for hydroxylation is 1. The van der Waals surface area contributed by atoms with Crippen molar-refractivity contribution >= 4 is 27.4 Å². The standard InChI is InChI=1S/C15H18BrNO/c1-10-7-13(5-6-15(10)16)17-11-3-2-4-12(17)9-14(18)8-11/h5-7,11-12H,2-4,8-9H2,1H3. The molecule has 2 unspecified atom stereocenters. The highest BCUT2D eigenvalue weighted by Crippen LogP contribution is 2.37. The fourth-order valence-electron chi connectivity index (χ4n) is 3.39. The van der Waals surface area contributed by atoms with Crippen LogP contribution in [0.15, 0.2) is 22.7 Å². The number of rotatable bonds is 1. The molecular weight excluding hydrogens is 290 g/mol. The van der Waals surface area contributed by atoms with E-state index in [2.05, 4.69) is 46.0 Å². The van der Waals surface area contributed by atoms with Gasteiger partial charge in [0.25, 0.3) is 0 Å². The maximum Gasteiger partial charge on any atom is 0.137 e. The molecule has 3 heteroatoms. The van der Waals surface area contributed by atoms with Crippen LogP contribution in [0.1, 0.15) is 37.7 Å². The summed E-state index contributed by atoms with van der Waals surface area (Å²) < 4.78 is 1.16. The Balaban J connectivity index is 1.95. The van der Waals surface area contributed by atoms with E-state index in [1.807, 2.05) is 0 Å². The predicted octanol–water partition coefficient (Wildman–Crippen LogP) is 3.85. The largest absolute Gasteiger partial charge is 0.365 e. The van der Waals surface area contributed by atoms with Crippen LogP contribution < -0.4 is 4.90 Å². The highest BCUT2D eigenvalue weighted by atomic mass is 79.9. The number of nitrogens with zero attached hydrogens (tertiary/aromatic N) is 1. The van der Waals surface area contributed by atoms with Gasteiger partial charge in [0, 0.05) is 35.1 Å². The summed E-state index contributed by atoms with van der Waals surface area (Å²) in [7, 11) is 0. The quantitative estimate of drug-likeness (QED) is 0.785. The normalized spacial score (nSPS) is 27.4. The number of hydrogen-bond donors (Lipinski definition) is 0. The lowest BCUT2D eigenvalue weighted by Gasteiger charge is -2.47. The summed E-state index contributed by atoms with van der Waals surface area (Å²) in [6, 6.07) is 7.41. The molecule has 2 nitrogen and oxygen atoms in total. The molecule has 2 saturated heterocycles. The molecule has 0 radical (unpaired) electrons. The highest BCUT2D eigenvalue weighted by Gasteiger charge is 2.37. The first-order valence-corrected chi connectivity index (χ1v) is 7.50. The average molecular weight is 308 g/mol. The Labute approximate surface area is 116 Å². The van der Waals surface area contributed by atoms with Crippen molar-refractivity contribution in [3.63, 3.8) is 0 Å². The number of fused-ring (bicyclic) bond motifs is 2. The van der Waals surface area contributed by atoms with Gasteiger partial charge in [0.2, 0.25) is 0 Å². The number of hydrogen-bond acceptors (Lipinski definition) is 2. The molecule has 0 aliphatic carbocycles. The predicted molar refractivity (Wildman–Crippen MR) is 77.0 cm³/mol. The smallest absolute Gasteiger partial charge is 0.137 e. The minimum Gasteiger partial charge on any atom is -0.365 e. The lowest BCUT2D eigenvalue weighted by atomic mass is 9.83. The number of carbonyl (C=O) groups is 1. The first kappa shape index (κ1) is 12.2.